The van der Waals surface area contributed by atoms with Crippen molar-refractivity contribution < 1.29 is 28.6 Å². The average Bonchev–Trinajstić information content (AvgIpc) is 2.86. The first-order valence-electron chi connectivity index (χ1n) is 11.2. The number of amides is 1. The summed E-state index contributed by atoms with van der Waals surface area (Å²) in [4.78, 5) is 38.5. The molecule has 0 spiro atoms. The number of nitrogens with zero attached hydrogens (tertiary/aromatic N) is 1. The third-order valence-corrected chi connectivity index (χ3v) is 5.16. The van der Waals surface area contributed by atoms with Crippen molar-refractivity contribution in [2.45, 2.75) is 32.9 Å². The van der Waals surface area contributed by atoms with E-state index in [0.717, 1.165) is 16.7 Å². The van der Waals surface area contributed by atoms with Crippen LogP contribution in [-0.2, 0) is 25.6 Å². The van der Waals surface area contributed by atoms with Crippen molar-refractivity contribution in [3.8, 4) is 11.1 Å². The van der Waals surface area contributed by atoms with Crippen molar-refractivity contribution in [3.05, 3.63) is 96.1 Å². The zero-order valence-corrected chi connectivity index (χ0v) is 20.1. The lowest BCUT2D eigenvalue weighted by Gasteiger charge is -2.33. The van der Waals surface area contributed by atoms with E-state index in [1.807, 2.05) is 72.8 Å². The minimum absolute atomic E-state index is 0.105. The molecule has 0 fully saturated rings. The number of carbonyl (C=O) groups excluding carboxylic acids is 3. The lowest BCUT2D eigenvalue weighted by atomic mass is 10.0. The number of hydrogen-bond acceptors (Lipinski definition) is 6. The van der Waals surface area contributed by atoms with Gasteiger partial charge in [0.05, 0.1) is 5.56 Å². The Balaban J connectivity index is 1.50. The Morgan fingerprint density at radius 1 is 0.714 bits per heavy atom. The Labute approximate surface area is 205 Å². The van der Waals surface area contributed by atoms with Crippen LogP contribution >= 0.6 is 0 Å². The molecule has 7 heteroatoms. The first-order chi connectivity index (χ1) is 16.7. The van der Waals surface area contributed by atoms with Gasteiger partial charge in [-0.2, -0.15) is 0 Å². The second-order valence-electron chi connectivity index (χ2n) is 8.81. The third-order valence-electron chi connectivity index (χ3n) is 5.16. The number of rotatable bonds is 8. The number of esters is 2. The topological polar surface area (TPSA) is 82.1 Å². The fraction of sp³-hybridized carbons (Fsp3) is 0.250. The monoisotopic (exact) mass is 475 g/mol. The van der Waals surface area contributed by atoms with E-state index in [0.29, 0.717) is 5.56 Å². The third kappa shape index (κ3) is 7.71. The minimum atomic E-state index is -0.790. The molecule has 0 saturated heterocycles. The van der Waals surface area contributed by atoms with Crippen LogP contribution in [0.2, 0.25) is 0 Å². The predicted octanol–water partition coefficient (Wildman–Crippen LogP) is 5.45. The van der Waals surface area contributed by atoms with Gasteiger partial charge in [0.15, 0.2) is 0 Å². The van der Waals surface area contributed by atoms with Gasteiger partial charge in [0.1, 0.15) is 13.2 Å². The van der Waals surface area contributed by atoms with Gasteiger partial charge in [0, 0.05) is 5.54 Å². The Morgan fingerprint density at radius 2 is 1.29 bits per heavy atom. The van der Waals surface area contributed by atoms with Gasteiger partial charge in [0.25, 0.3) is 0 Å². The van der Waals surface area contributed by atoms with Gasteiger partial charge >= 0.3 is 18.0 Å². The van der Waals surface area contributed by atoms with Crippen LogP contribution < -0.4 is 0 Å². The molecule has 7 nitrogen and oxygen atoms in total. The van der Waals surface area contributed by atoms with Crippen molar-refractivity contribution in [1.82, 2.24) is 4.90 Å². The highest BCUT2D eigenvalue weighted by atomic mass is 16.7. The van der Waals surface area contributed by atoms with Crippen molar-refractivity contribution in [3.63, 3.8) is 0 Å². The highest BCUT2D eigenvalue weighted by molar-refractivity contribution is 5.90. The van der Waals surface area contributed by atoms with E-state index < -0.39 is 30.4 Å². The van der Waals surface area contributed by atoms with Gasteiger partial charge in [0.2, 0.25) is 6.79 Å². The summed E-state index contributed by atoms with van der Waals surface area (Å²) in [6.45, 7) is 4.51. The van der Waals surface area contributed by atoms with Crippen LogP contribution in [-0.4, -0.2) is 41.8 Å². The highest BCUT2D eigenvalue weighted by Gasteiger charge is 2.30. The number of ether oxygens (including phenoxy) is 3. The molecule has 0 heterocycles. The molecule has 0 bridgehead atoms. The fourth-order valence-corrected chi connectivity index (χ4v) is 3.21. The quantitative estimate of drug-likeness (QED) is 0.318. The average molecular weight is 476 g/mol. The van der Waals surface area contributed by atoms with Crippen molar-refractivity contribution in [2.24, 2.45) is 0 Å². The molecule has 3 aromatic rings. The summed E-state index contributed by atoms with van der Waals surface area (Å²) in [6.07, 6.45) is -0.790. The Hall–Kier alpha value is -4.13. The summed E-state index contributed by atoms with van der Waals surface area (Å²) in [7, 11) is 0. The summed E-state index contributed by atoms with van der Waals surface area (Å²) in [6, 6.07) is 26.0. The molecule has 3 rings (SSSR count). The molecule has 1 amide bonds. The molecule has 0 radical (unpaired) electrons. The standard InChI is InChI=1S/C28H29NO6/c1-28(2,3)29(18-25(30)33-19-21-10-6-4-7-11-21)27(32)35-20-34-26(31)24-16-14-23(15-17-24)22-12-8-5-9-13-22/h4-17H,18-20H2,1-3H3. The van der Waals surface area contributed by atoms with Crippen LogP contribution in [0.4, 0.5) is 4.79 Å². The SMILES string of the molecule is CC(C)(C)N(CC(=O)OCc1ccccc1)C(=O)OCOC(=O)c1ccc(-c2ccccc2)cc1. The fourth-order valence-electron chi connectivity index (χ4n) is 3.21. The van der Waals surface area contributed by atoms with Gasteiger partial charge in [-0.05, 0) is 49.6 Å². The van der Waals surface area contributed by atoms with Gasteiger partial charge in [-0.25, -0.2) is 9.59 Å². The maximum Gasteiger partial charge on any atom is 0.413 e. The van der Waals surface area contributed by atoms with E-state index in [1.54, 1.807) is 32.9 Å². The first-order valence-corrected chi connectivity index (χ1v) is 11.2. The molecule has 3 aromatic carbocycles. The molecule has 0 N–H and O–H groups in total. The molecule has 0 aliphatic carbocycles. The van der Waals surface area contributed by atoms with E-state index >= 15 is 0 Å². The number of benzene rings is 3. The summed E-state index contributed by atoms with van der Waals surface area (Å²) in [5.74, 6) is -1.20. The minimum Gasteiger partial charge on any atom is -0.459 e. The van der Waals surface area contributed by atoms with Crippen molar-refractivity contribution in [1.29, 1.82) is 0 Å². The smallest absolute Gasteiger partial charge is 0.413 e. The molecule has 0 aliphatic heterocycles. The maximum absolute atomic E-state index is 12.6. The number of carbonyl (C=O) groups is 3. The molecule has 0 aromatic heterocycles. The predicted molar refractivity (Wildman–Crippen MR) is 131 cm³/mol. The molecule has 182 valence electrons. The Bertz CT molecular complexity index is 1120. The summed E-state index contributed by atoms with van der Waals surface area (Å²) in [5.41, 5.74) is 2.45. The number of hydrogen-bond donors (Lipinski definition) is 0. The maximum atomic E-state index is 12.6. The zero-order valence-electron chi connectivity index (χ0n) is 20.1. The van der Waals surface area contributed by atoms with E-state index in [9.17, 15) is 14.4 Å². The summed E-state index contributed by atoms with van der Waals surface area (Å²) in [5, 5.41) is 0. The van der Waals surface area contributed by atoms with Crippen molar-refractivity contribution >= 4 is 18.0 Å². The molecule has 0 aliphatic rings. The summed E-state index contributed by atoms with van der Waals surface area (Å²) >= 11 is 0. The van der Waals surface area contributed by atoms with Crippen molar-refractivity contribution in [2.75, 3.05) is 13.3 Å². The van der Waals surface area contributed by atoms with E-state index in [2.05, 4.69) is 0 Å². The Morgan fingerprint density at radius 3 is 1.89 bits per heavy atom. The van der Waals surface area contributed by atoms with Crippen LogP contribution in [0.5, 0.6) is 0 Å². The van der Waals surface area contributed by atoms with E-state index in [-0.39, 0.29) is 13.2 Å². The van der Waals surface area contributed by atoms with Gasteiger partial charge < -0.3 is 14.2 Å². The lowest BCUT2D eigenvalue weighted by Crippen LogP contribution is -2.49. The second kappa shape index (κ2) is 11.8. The van der Waals surface area contributed by atoms with Crippen LogP contribution in [0.25, 0.3) is 11.1 Å². The normalized spacial score (nSPS) is 10.8. The van der Waals surface area contributed by atoms with Crippen LogP contribution in [0, 0.1) is 0 Å². The first kappa shape index (κ1) is 25.5. The van der Waals surface area contributed by atoms with Gasteiger partial charge in [-0.1, -0.05) is 72.8 Å². The van der Waals surface area contributed by atoms with Crippen LogP contribution in [0.1, 0.15) is 36.7 Å². The van der Waals surface area contributed by atoms with E-state index in [4.69, 9.17) is 14.2 Å². The molecule has 35 heavy (non-hydrogen) atoms. The lowest BCUT2D eigenvalue weighted by molar-refractivity contribution is -0.147. The van der Waals surface area contributed by atoms with Gasteiger partial charge in [-0.15, -0.1) is 0 Å². The largest absolute Gasteiger partial charge is 0.459 e. The van der Waals surface area contributed by atoms with Gasteiger partial charge in [-0.3, -0.25) is 9.69 Å². The molecule has 0 saturated carbocycles. The zero-order chi connectivity index (χ0) is 25.3. The molecule has 0 atom stereocenters. The molecular weight excluding hydrogens is 446 g/mol. The van der Waals surface area contributed by atoms with E-state index in [1.165, 1.54) is 4.90 Å². The van der Waals surface area contributed by atoms with Crippen LogP contribution in [0.15, 0.2) is 84.9 Å². The van der Waals surface area contributed by atoms with Crippen LogP contribution in [0.3, 0.4) is 0 Å². The second-order valence-corrected chi connectivity index (χ2v) is 8.81. The molecule has 0 unspecified atom stereocenters. The summed E-state index contributed by atoms with van der Waals surface area (Å²) < 4.78 is 15.5. The molecular formula is C28H29NO6. The Kier molecular flexibility index (Phi) is 8.62. The highest BCUT2D eigenvalue weighted by Crippen LogP contribution is 2.20.